The lowest BCUT2D eigenvalue weighted by Crippen LogP contribution is -2.09. The number of rotatable bonds is 5. The third-order valence-corrected chi connectivity index (χ3v) is 2.56. The maximum Gasteiger partial charge on any atom is 0.142 e. The maximum absolute atomic E-state index is 10.9. The van der Waals surface area contributed by atoms with Gasteiger partial charge in [0.05, 0.1) is 5.75 Å². The molecule has 0 fully saturated rings. The molecule has 0 aliphatic carbocycles. The fourth-order valence-electron chi connectivity index (χ4n) is 0.604. The van der Waals surface area contributed by atoms with E-state index in [1.807, 2.05) is 6.92 Å². The van der Waals surface area contributed by atoms with Crippen molar-refractivity contribution in [1.82, 2.24) is 0 Å². The van der Waals surface area contributed by atoms with E-state index >= 15 is 0 Å². The molecule has 0 aromatic rings. The van der Waals surface area contributed by atoms with E-state index < -0.39 is 10.8 Å². The maximum atomic E-state index is 10.9. The second-order valence-corrected chi connectivity index (χ2v) is 3.92. The van der Waals surface area contributed by atoms with E-state index in [9.17, 15) is 9.00 Å². The van der Waals surface area contributed by atoms with Gasteiger partial charge in [0, 0.05) is 16.6 Å². The van der Waals surface area contributed by atoms with Crippen LogP contribution in [-0.4, -0.2) is 21.5 Å². The molecule has 0 aromatic heterocycles. The first-order chi connectivity index (χ1) is 4.66. The van der Waals surface area contributed by atoms with Crippen molar-refractivity contribution < 1.29 is 9.00 Å². The summed E-state index contributed by atoms with van der Waals surface area (Å²) in [6.07, 6.45) is 2.00. The topological polar surface area (TPSA) is 34.1 Å². The highest BCUT2D eigenvalue weighted by Gasteiger charge is 2.00. The molecule has 0 saturated heterocycles. The highest BCUT2D eigenvalue weighted by atomic mass is 32.2. The van der Waals surface area contributed by atoms with Gasteiger partial charge in [0.1, 0.15) is 5.78 Å². The van der Waals surface area contributed by atoms with Gasteiger partial charge in [-0.2, -0.15) is 0 Å². The largest absolute Gasteiger partial charge is 0.299 e. The highest BCUT2D eigenvalue weighted by Crippen LogP contribution is 1.91. The molecule has 0 spiro atoms. The van der Waals surface area contributed by atoms with Gasteiger partial charge in [0.2, 0.25) is 0 Å². The van der Waals surface area contributed by atoms with E-state index in [0.29, 0.717) is 5.75 Å². The van der Waals surface area contributed by atoms with E-state index in [-0.39, 0.29) is 11.5 Å². The number of carbonyl (C=O) groups is 1. The standard InChI is InChI=1S/C7H14O2S/c1-3-4-5-10(9)6-7(2)8/h3-6H2,1-2H3. The Morgan fingerprint density at radius 1 is 1.50 bits per heavy atom. The van der Waals surface area contributed by atoms with Crippen LogP contribution in [-0.2, 0) is 15.6 Å². The van der Waals surface area contributed by atoms with E-state index in [2.05, 4.69) is 0 Å². The smallest absolute Gasteiger partial charge is 0.142 e. The van der Waals surface area contributed by atoms with Crippen LogP contribution in [0.5, 0.6) is 0 Å². The first-order valence-corrected chi connectivity index (χ1v) is 5.00. The second kappa shape index (κ2) is 5.59. The summed E-state index contributed by atoms with van der Waals surface area (Å²) in [6.45, 7) is 3.52. The fourth-order valence-corrected chi connectivity index (χ4v) is 1.81. The monoisotopic (exact) mass is 162 g/mol. The SMILES string of the molecule is CCCCS(=O)CC(C)=O. The quantitative estimate of drug-likeness (QED) is 0.607. The third-order valence-electron chi connectivity index (χ3n) is 1.09. The Balaban J connectivity index is 3.35. The molecule has 0 rings (SSSR count). The van der Waals surface area contributed by atoms with Gasteiger partial charge < -0.3 is 0 Å². The molecule has 0 saturated carbocycles. The minimum atomic E-state index is -0.900. The predicted molar refractivity (Wildman–Crippen MR) is 43.5 cm³/mol. The van der Waals surface area contributed by atoms with E-state index in [4.69, 9.17) is 0 Å². The molecule has 0 aliphatic rings. The van der Waals surface area contributed by atoms with Crippen molar-refractivity contribution in [3.63, 3.8) is 0 Å². The molecule has 1 atom stereocenters. The summed E-state index contributed by atoms with van der Waals surface area (Å²) in [7, 11) is -0.900. The molecular formula is C7H14O2S. The zero-order valence-electron chi connectivity index (χ0n) is 6.55. The van der Waals surface area contributed by atoms with Gasteiger partial charge in [-0.3, -0.25) is 9.00 Å². The van der Waals surface area contributed by atoms with Crippen molar-refractivity contribution in [3.05, 3.63) is 0 Å². The van der Waals surface area contributed by atoms with Crippen LogP contribution in [0.2, 0.25) is 0 Å². The van der Waals surface area contributed by atoms with Crippen LogP contribution in [0.3, 0.4) is 0 Å². The van der Waals surface area contributed by atoms with Gasteiger partial charge in [-0.05, 0) is 13.3 Å². The summed E-state index contributed by atoms with van der Waals surface area (Å²) in [6, 6.07) is 0. The Labute approximate surface area is 64.5 Å². The molecular weight excluding hydrogens is 148 g/mol. The lowest BCUT2D eigenvalue weighted by atomic mass is 10.4. The van der Waals surface area contributed by atoms with Crippen molar-refractivity contribution in [3.8, 4) is 0 Å². The lowest BCUT2D eigenvalue weighted by Gasteiger charge is -1.95. The van der Waals surface area contributed by atoms with Crippen LogP contribution in [0.15, 0.2) is 0 Å². The zero-order valence-corrected chi connectivity index (χ0v) is 7.37. The minimum Gasteiger partial charge on any atom is -0.299 e. The van der Waals surface area contributed by atoms with Crippen molar-refractivity contribution in [2.45, 2.75) is 26.7 Å². The van der Waals surface area contributed by atoms with Crippen LogP contribution in [0.1, 0.15) is 26.7 Å². The predicted octanol–water partition coefficient (Wildman–Crippen LogP) is 1.12. The Morgan fingerprint density at radius 3 is 2.50 bits per heavy atom. The first-order valence-electron chi connectivity index (χ1n) is 3.51. The first kappa shape index (κ1) is 9.82. The summed E-state index contributed by atoms with van der Waals surface area (Å²) >= 11 is 0. The average molecular weight is 162 g/mol. The molecule has 0 heterocycles. The molecule has 0 radical (unpaired) electrons. The third kappa shape index (κ3) is 5.95. The van der Waals surface area contributed by atoms with E-state index in [1.54, 1.807) is 0 Å². The molecule has 1 unspecified atom stereocenters. The number of hydrogen-bond acceptors (Lipinski definition) is 2. The van der Waals surface area contributed by atoms with Crippen molar-refractivity contribution in [1.29, 1.82) is 0 Å². The van der Waals surface area contributed by atoms with E-state index in [1.165, 1.54) is 6.92 Å². The molecule has 2 nitrogen and oxygen atoms in total. The number of carbonyl (C=O) groups excluding carboxylic acids is 1. The Hall–Kier alpha value is -0.180. The molecule has 0 aliphatic heterocycles. The van der Waals surface area contributed by atoms with Crippen LogP contribution < -0.4 is 0 Å². The van der Waals surface area contributed by atoms with Crippen molar-refractivity contribution in [2.75, 3.05) is 11.5 Å². The second-order valence-electron chi connectivity index (χ2n) is 2.34. The van der Waals surface area contributed by atoms with Gasteiger partial charge in [0.25, 0.3) is 0 Å². The molecule has 10 heavy (non-hydrogen) atoms. The average Bonchev–Trinajstić information content (AvgIpc) is 1.82. The number of Topliss-reactive ketones (excluding diaryl/α,β-unsaturated/α-hetero) is 1. The summed E-state index contributed by atoms with van der Waals surface area (Å²) < 4.78 is 10.9. The minimum absolute atomic E-state index is 0.0226. The highest BCUT2D eigenvalue weighted by molar-refractivity contribution is 7.85. The fraction of sp³-hybridized carbons (Fsp3) is 0.857. The Morgan fingerprint density at radius 2 is 2.10 bits per heavy atom. The molecule has 3 heteroatoms. The number of unbranched alkanes of at least 4 members (excludes halogenated alkanes) is 1. The molecule has 0 N–H and O–H groups in total. The van der Waals surface area contributed by atoms with Gasteiger partial charge in [-0.1, -0.05) is 13.3 Å². The molecule has 60 valence electrons. The van der Waals surface area contributed by atoms with Gasteiger partial charge >= 0.3 is 0 Å². The summed E-state index contributed by atoms with van der Waals surface area (Å²) in [5, 5.41) is 0. The van der Waals surface area contributed by atoms with Gasteiger partial charge in [-0.15, -0.1) is 0 Å². The van der Waals surface area contributed by atoms with Crippen molar-refractivity contribution in [2.24, 2.45) is 0 Å². The summed E-state index contributed by atoms with van der Waals surface area (Å²) in [5.74, 6) is 0.935. The summed E-state index contributed by atoms with van der Waals surface area (Å²) in [5.41, 5.74) is 0. The number of ketones is 1. The zero-order chi connectivity index (χ0) is 7.98. The van der Waals surface area contributed by atoms with Crippen LogP contribution in [0, 0.1) is 0 Å². The van der Waals surface area contributed by atoms with Crippen molar-refractivity contribution >= 4 is 16.6 Å². The van der Waals surface area contributed by atoms with Crippen LogP contribution in [0.25, 0.3) is 0 Å². The lowest BCUT2D eigenvalue weighted by molar-refractivity contribution is -0.114. The van der Waals surface area contributed by atoms with Gasteiger partial charge in [0.15, 0.2) is 0 Å². The van der Waals surface area contributed by atoms with Crippen LogP contribution >= 0.6 is 0 Å². The number of hydrogen-bond donors (Lipinski definition) is 0. The summed E-state index contributed by atoms with van der Waals surface area (Å²) in [4.78, 5) is 10.4. The Bertz CT molecular complexity index is 132. The van der Waals surface area contributed by atoms with Gasteiger partial charge in [-0.25, -0.2) is 0 Å². The van der Waals surface area contributed by atoms with E-state index in [0.717, 1.165) is 12.8 Å². The normalized spacial score (nSPS) is 13.0. The van der Waals surface area contributed by atoms with Crippen LogP contribution in [0.4, 0.5) is 0 Å². The molecule has 0 aromatic carbocycles. The molecule has 0 bridgehead atoms. The Kier molecular flexibility index (Phi) is 5.49. The molecule has 0 amide bonds.